The molecule has 2 aromatic rings. The van der Waals surface area contributed by atoms with Crippen LogP contribution in [0.2, 0.25) is 0 Å². The van der Waals surface area contributed by atoms with Gasteiger partial charge in [-0.1, -0.05) is 18.2 Å². The molecular formula is C12H12BrFN2O. The monoisotopic (exact) mass is 298 g/mol. The molecule has 3 nitrogen and oxygen atoms in total. The molecule has 0 bridgehead atoms. The SMILES string of the molecule is NNC(Cc1ccccc1F)c1ccc(Br)o1. The lowest BCUT2D eigenvalue weighted by atomic mass is 10.0. The average Bonchev–Trinajstić information content (AvgIpc) is 2.75. The van der Waals surface area contributed by atoms with Crippen LogP contribution in [0.3, 0.4) is 0 Å². The third-order valence-electron chi connectivity index (χ3n) is 2.52. The summed E-state index contributed by atoms with van der Waals surface area (Å²) in [6.45, 7) is 0. The van der Waals surface area contributed by atoms with Gasteiger partial charge in [0.1, 0.15) is 11.6 Å². The average molecular weight is 299 g/mol. The van der Waals surface area contributed by atoms with Crippen LogP contribution in [0, 0.1) is 5.82 Å². The molecule has 2 rings (SSSR count). The molecule has 0 aliphatic heterocycles. The van der Waals surface area contributed by atoms with Crippen molar-refractivity contribution in [3.63, 3.8) is 0 Å². The van der Waals surface area contributed by atoms with Gasteiger partial charge in [0.15, 0.2) is 4.67 Å². The van der Waals surface area contributed by atoms with E-state index in [2.05, 4.69) is 21.4 Å². The fourth-order valence-corrected chi connectivity index (χ4v) is 1.96. The molecule has 1 heterocycles. The molecule has 0 saturated carbocycles. The Morgan fingerprint density at radius 2 is 2.06 bits per heavy atom. The van der Waals surface area contributed by atoms with Gasteiger partial charge in [0.2, 0.25) is 0 Å². The van der Waals surface area contributed by atoms with E-state index in [4.69, 9.17) is 10.3 Å². The summed E-state index contributed by atoms with van der Waals surface area (Å²) >= 11 is 3.22. The number of hydrazine groups is 1. The van der Waals surface area contributed by atoms with Crippen molar-refractivity contribution < 1.29 is 8.81 Å². The van der Waals surface area contributed by atoms with Crippen molar-refractivity contribution in [2.75, 3.05) is 0 Å². The summed E-state index contributed by atoms with van der Waals surface area (Å²) in [6, 6.07) is 9.95. The Bertz CT molecular complexity index is 501. The summed E-state index contributed by atoms with van der Waals surface area (Å²) in [4.78, 5) is 0. The van der Waals surface area contributed by atoms with E-state index < -0.39 is 0 Å². The number of hydrogen-bond donors (Lipinski definition) is 2. The van der Waals surface area contributed by atoms with Crippen molar-refractivity contribution in [3.8, 4) is 0 Å². The highest BCUT2D eigenvalue weighted by atomic mass is 79.9. The Balaban J connectivity index is 2.18. The van der Waals surface area contributed by atoms with Crippen LogP contribution in [-0.4, -0.2) is 0 Å². The summed E-state index contributed by atoms with van der Waals surface area (Å²) in [5.41, 5.74) is 3.23. The van der Waals surface area contributed by atoms with Crippen LogP contribution >= 0.6 is 15.9 Å². The summed E-state index contributed by atoms with van der Waals surface area (Å²) in [7, 11) is 0. The minimum atomic E-state index is -0.252. The Hall–Kier alpha value is -1.17. The molecule has 1 aromatic carbocycles. The van der Waals surface area contributed by atoms with Gasteiger partial charge in [0.05, 0.1) is 6.04 Å². The van der Waals surface area contributed by atoms with Crippen LogP contribution in [0.15, 0.2) is 45.5 Å². The first-order valence-electron chi connectivity index (χ1n) is 5.15. The molecular weight excluding hydrogens is 287 g/mol. The number of rotatable bonds is 4. The molecule has 0 amide bonds. The minimum Gasteiger partial charge on any atom is -0.453 e. The summed E-state index contributed by atoms with van der Waals surface area (Å²) in [5.74, 6) is 5.90. The molecule has 0 fully saturated rings. The van der Waals surface area contributed by atoms with Crippen molar-refractivity contribution in [1.82, 2.24) is 5.43 Å². The number of nitrogens with two attached hydrogens (primary N) is 1. The standard InChI is InChI=1S/C12H12BrFN2O/c13-12-6-5-11(17-12)10(16-15)7-8-3-1-2-4-9(8)14/h1-6,10,16H,7,15H2. The van der Waals surface area contributed by atoms with Gasteiger partial charge < -0.3 is 4.42 Å². The van der Waals surface area contributed by atoms with Gasteiger partial charge in [-0.2, -0.15) is 0 Å². The Kier molecular flexibility index (Phi) is 3.93. The molecule has 1 aromatic heterocycles. The van der Waals surface area contributed by atoms with E-state index in [-0.39, 0.29) is 11.9 Å². The van der Waals surface area contributed by atoms with Crippen LogP contribution in [0.1, 0.15) is 17.4 Å². The number of benzene rings is 1. The molecule has 17 heavy (non-hydrogen) atoms. The van der Waals surface area contributed by atoms with Gasteiger partial charge in [-0.3, -0.25) is 5.84 Å². The second-order valence-electron chi connectivity index (χ2n) is 3.66. The molecule has 0 spiro atoms. The zero-order valence-corrected chi connectivity index (χ0v) is 10.6. The Labute approximate surface area is 107 Å². The highest BCUT2D eigenvalue weighted by Crippen LogP contribution is 2.23. The zero-order chi connectivity index (χ0) is 12.3. The molecule has 3 N–H and O–H groups in total. The van der Waals surface area contributed by atoms with Crippen LogP contribution < -0.4 is 11.3 Å². The van der Waals surface area contributed by atoms with Crippen LogP contribution in [0.4, 0.5) is 4.39 Å². The first kappa shape index (κ1) is 12.3. The van der Waals surface area contributed by atoms with Crippen molar-refractivity contribution in [2.45, 2.75) is 12.5 Å². The van der Waals surface area contributed by atoms with E-state index >= 15 is 0 Å². The zero-order valence-electron chi connectivity index (χ0n) is 8.99. The topological polar surface area (TPSA) is 51.2 Å². The highest BCUT2D eigenvalue weighted by molar-refractivity contribution is 9.10. The Morgan fingerprint density at radius 1 is 1.29 bits per heavy atom. The lowest BCUT2D eigenvalue weighted by Gasteiger charge is -2.13. The molecule has 5 heteroatoms. The Morgan fingerprint density at radius 3 is 2.65 bits per heavy atom. The maximum Gasteiger partial charge on any atom is 0.169 e. The van der Waals surface area contributed by atoms with E-state index in [1.807, 2.05) is 0 Å². The van der Waals surface area contributed by atoms with E-state index in [9.17, 15) is 4.39 Å². The molecule has 1 atom stereocenters. The number of halogens is 2. The number of furan rings is 1. The van der Waals surface area contributed by atoms with Crippen LogP contribution in [0.25, 0.3) is 0 Å². The lowest BCUT2D eigenvalue weighted by Crippen LogP contribution is -2.29. The van der Waals surface area contributed by atoms with Crippen molar-refractivity contribution >= 4 is 15.9 Å². The van der Waals surface area contributed by atoms with Crippen LogP contribution in [-0.2, 0) is 6.42 Å². The maximum absolute atomic E-state index is 13.5. The van der Waals surface area contributed by atoms with E-state index in [0.717, 1.165) is 0 Å². The predicted molar refractivity (Wildman–Crippen MR) is 66.6 cm³/mol. The second-order valence-corrected chi connectivity index (χ2v) is 4.44. The van der Waals surface area contributed by atoms with Crippen molar-refractivity contribution in [3.05, 3.63) is 58.2 Å². The molecule has 1 unspecified atom stereocenters. The van der Waals surface area contributed by atoms with Crippen LogP contribution in [0.5, 0.6) is 0 Å². The fourth-order valence-electron chi connectivity index (χ4n) is 1.64. The van der Waals surface area contributed by atoms with E-state index in [0.29, 0.717) is 22.4 Å². The van der Waals surface area contributed by atoms with Crippen molar-refractivity contribution in [2.24, 2.45) is 5.84 Å². The summed E-state index contributed by atoms with van der Waals surface area (Å²) < 4.78 is 19.5. The summed E-state index contributed by atoms with van der Waals surface area (Å²) in [6.07, 6.45) is 0.434. The molecule has 0 aliphatic carbocycles. The first-order chi connectivity index (χ1) is 8.20. The quantitative estimate of drug-likeness (QED) is 0.674. The van der Waals surface area contributed by atoms with Gasteiger partial charge >= 0.3 is 0 Å². The third kappa shape index (κ3) is 2.94. The second kappa shape index (κ2) is 5.44. The van der Waals surface area contributed by atoms with Gasteiger partial charge in [0.25, 0.3) is 0 Å². The van der Waals surface area contributed by atoms with Gasteiger partial charge in [-0.05, 0) is 46.1 Å². The van der Waals surface area contributed by atoms with E-state index in [1.54, 1.807) is 30.3 Å². The molecule has 0 aliphatic rings. The summed E-state index contributed by atoms with van der Waals surface area (Å²) in [5, 5.41) is 0. The maximum atomic E-state index is 13.5. The number of nitrogens with one attached hydrogen (secondary N) is 1. The van der Waals surface area contributed by atoms with E-state index in [1.165, 1.54) is 6.07 Å². The largest absolute Gasteiger partial charge is 0.453 e. The molecule has 90 valence electrons. The number of hydrogen-bond acceptors (Lipinski definition) is 3. The van der Waals surface area contributed by atoms with Gasteiger partial charge in [-0.25, -0.2) is 9.82 Å². The predicted octanol–water partition coefficient (Wildman–Crippen LogP) is 2.93. The van der Waals surface area contributed by atoms with Crippen molar-refractivity contribution in [1.29, 1.82) is 0 Å². The first-order valence-corrected chi connectivity index (χ1v) is 5.95. The normalized spacial score (nSPS) is 12.6. The molecule has 0 saturated heterocycles. The highest BCUT2D eigenvalue weighted by Gasteiger charge is 2.16. The third-order valence-corrected chi connectivity index (χ3v) is 2.95. The van der Waals surface area contributed by atoms with Gasteiger partial charge in [-0.15, -0.1) is 0 Å². The smallest absolute Gasteiger partial charge is 0.169 e. The minimum absolute atomic E-state index is 0.238. The molecule has 0 radical (unpaired) electrons. The van der Waals surface area contributed by atoms with Gasteiger partial charge in [0, 0.05) is 0 Å². The fraction of sp³-hybridized carbons (Fsp3) is 0.167. The lowest BCUT2D eigenvalue weighted by molar-refractivity contribution is 0.401.